The Balaban J connectivity index is 2.20. The van der Waals surface area contributed by atoms with Gasteiger partial charge >= 0.3 is 5.69 Å². The smallest absolute Gasteiger partial charge is 0.312 e. The van der Waals surface area contributed by atoms with Crippen molar-refractivity contribution in [3.05, 3.63) is 50.9 Å². The van der Waals surface area contributed by atoms with Crippen LogP contribution in [0.2, 0.25) is 5.02 Å². The quantitative estimate of drug-likeness (QED) is 0.674. The molecule has 1 heterocycles. The number of halogens is 1. The fourth-order valence-corrected chi connectivity index (χ4v) is 1.89. The van der Waals surface area contributed by atoms with Crippen molar-refractivity contribution in [1.82, 2.24) is 9.97 Å². The minimum Gasteiger partial charge on any atom is -0.479 e. The topological polar surface area (TPSA) is 90.2 Å². The molecule has 2 aromatic rings. The molecule has 0 amide bonds. The zero-order chi connectivity index (χ0) is 15.4. The third-order valence-electron chi connectivity index (χ3n) is 2.63. The lowest BCUT2D eigenvalue weighted by Gasteiger charge is -2.08. The van der Waals surface area contributed by atoms with E-state index in [0.717, 1.165) is 5.69 Å². The normalized spacial score (nSPS) is 10.2. The first-order valence-electron chi connectivity index (χ1n) is 6.08. The van der Waals surface area contributed by atoms with Crippen molar-refractivity contribution >= 4 is 23.1 Å². The van der Waals surface area contributed by atoms with Crippen molar-refractivity contribution in [3.63, 3.8) is 0 Å². The molecule has 1 aromatic heterocycles. The molecule has 21 heavy (non-hydrogen) atoms. The zero-order valence-corrected chi connectivity index (χ0v) is 12.2. The molecule has 0 atom stereocenters. The Labute approximate surface area is 126 Å². The molecule has 0 spiro atoms. The van der Waals surface area contributed by atoms with Gasteiger partial charge in [-0.1, -0.05) is 11.6 Å². The molecule has 8 heteroatoms. The van der Waals surface area contributed by atoms with Crippen molar-refractivity contribution in [2.75, 3.05) is 12.4 Å². The monoisotopic (exact) mass is 308 g/mol. The minimum absolute atomic E-state index is 0.0266. The first-order valence-corrected chi connectivity index (χ1v) is 6.46. The van der Waals surface area contributed by atoms with Crippen LogP contribution in [0.5, 0.6) is 5.75 Å². The van der Waals surface area contributed by atoms with Gasteiger partial charge in [0.05, 0.1) is 4.92 Å². The number of benzene rings is 1. The Morgan fingerprint density at radius 2 is 2.14 bits per heavy atom. The molecular weight excluding hydrogens is 296 g/mol. The summed E-state index contributed by atoms with van der Waals surface area (Å²) in [6, 6.07) is 6.01. The fraction of sp³-hybridized carbons (Fsp3) is 0.231. The first-order chi connectivity index (χ1) is 9.99. The van der Waals surface area contributed by atoms with Crippen LogP contribution >= 0.6 is 11.6 Å². The van der Waals surface area contributed by atoms with Crippen LogP contribution in [0.4, 0.5) is 11.5 Å². The van der Waals surface area contributed by atoms with E-state index in [1.165, 1.54) is 18.2 Å². The zero-order valence-electron chi connectivity index (χ0n) is 11.5. The number of hydrogen-bond acceptors (Lipinski definition) is 6. The molecule has 1 aromatic carbocycles. The summed E-state index contributed by atoms with van der Waals surface area (Å²) >= 11 is 5.75. The Morgan fingerprint density at radius 1 is 1.38 bits per heavy atom. The number of nitro groups is 1. The second kappa shape index (κ2) is 6.36. The summed E-state index contributed by atoms with van der Waals surface area (Å²) in [4.78, 5) is 18.9. The largest absolute Gasteiger partial charge is 0.479 e. The number of nitro benzene ring substituents is 1. The van der Waals surface area contributed by atoms with Crippen LogP contribution in [0.25, 0.3) is 0 Å². The van der Waals surface area contributed by atoms with Gasteiger partial charge in [-0.15, -0.1) is 0 Å². The van der Waals surface area contributed by atoms with E-state index in [1.54, 1.807) is 13.1 Å². The van der Waals surface area contributed by atoms with E-state index in [-0.39, 0.29) is 23.1 Å². The maximum Gasteiger partial charge on any atom is 0.312 e. The number of aromatic nitrogens is 2. The van der Waals surface area contributed by atoms with Crippen LogP contribution in [-0.4, -0.2) is 21.9 Å². The van der Waals surface area contributed by atoms with Gasteiger partial charge in [-0.2, -0.15) is 0 Å². The van der Waals surface area contributed by atoms with Gasteiger partial charge in [0.15, 0.2) is 11.6 Å². The highest BCUT2D eigenvalue weighted by atomic mass is 35.5. The Hall–Kier alpha value is -2.41. The second-order valence-electron chi connectivity index (χ2n) is 4.22. The summed E-state index contributed by atoms with van der Waals surface area (Å²) in [5.41, 5.74) is 0.586. The van der Waals surface area contributed by atoms with Crippen LogP contribution in [0.15, 0.2) is 24.3 Å². The van der Waals surface area contributed by atoms with Crippen LogP contribution in [0.1, 0.15) is 11.5 Å². The van der Waals surface area contributed by atoms with Gasteiger partial charge in [-0.05, 0) is 19.1 Å². The average molecular weight is 309 g/mol. The van der Waals surface area contributed by atoms with Crippen molar-refractivity contribution in [2.45, 2.75) is 13.5 Å². The molecule has 0 aliphatic rings. The van der Waals surface area contributed by atoms with E-state index >= 15 is 0 Å². The molecule has 0 aliphatic heterocycles. The van der Waals surface area contributed by atoms with E-state index in [2.05, 4.69) is 15.3 Å². The molecule has 7 nitrogen and oxygen atoms in total. The van der Waals surface area contributed by atoms with Gasteiger partial charge in [0.1, 0.15) is 12.4 Å². The van der Waals surface area contributed by atoms with E-state index in [4.69, 9.17) is 16.3 Å². The minimum atomic E-state index is -0.544. The number of ether oxygens (including phenoxy) is 1. The van der Waals surface area contributed by atoms with Crippen molar-refractivity contribution in [2.24, 2.45) is 0 Å². The van der Waals surface area contributed by atoms with E-state index in [9.17, 15) is 10.1 Å². The van der Waals surface area contributed by atoms with Crippen molar-refractivity contribution < 1.29 is 9.66 Å². The Bertz CT molecular complexity index is 678. The van der Waals surface area contributed by atoms with Gasteiger partial charge in [-0.3, -0.25) is 10.1 Å². The number of rotatable bonds is 5. The Morgan fingerprint density at radius 3 is 2.81 bits per heavy atom. The molecule has 0 fully saturated rings. The average Bonchev–Trinajstić information content (AvgIpc) is 2.45. The fourth-order valence-electron chi connectivity index (χ4n) is 1.72. The van der Waals surface area contributed by atoms with Gasteiger partial charge < -0.3 is 10.1 Å². The molecule has 0 bridgehead atoms. The van der Waals surface area contributed by atoms with E-state index in [1.807, 2.05) is 6.92 Å². The second-order valence-corrected chi connectivity index (χ2v) is 4.66. The van der Waals surface area contributed by atoms with Crippen LogP contribution in [0, 0.1) is 17.0 Å². The number of nitrogens with zero attached hydrogens (tertiary/aromatic N) is 3. The number of hydrogen-bond donors (Lipinski definition) is 1. The van der Waals surface area contributed by atoms with Gasteiger partial charge in [-0.25, -0.2) is 9.97 Å². The summed E-state index contributed by atoms with van der Waals surface area (Å²) in [6.45, 7) is 1.86. The number of anilines is 1. The highest BCUT2D eigenvalue weighted by Crippen LogP contribution is 2.30. The lowest BCUT2D eigenvalue weighted by atomic mass is 10.3. The van der Waals surface area contributed by atoms with Crippen molar-refractivity contribution in [1.29, 1.82) is 0 Å². The summed E-state index contributed by atoms with van der Waals surface area (Å²) in [6.07, 6.45) is 0. The highest BCUT2D eigenvalue weighted by Gasteiger charge is 2.16. The molecule has 0 unspecified atom stereocenters. The van der Waals surface area contributed by atoms with E-state index < -0.39 is 4.92 Å². The van der Waals surface area contributed by atoms with Crippen molar-refractivity contribution in [3.8, 4) is 5.75 Å². The number of nitrogens with one attached hydrogen (secondary N) is 1. The highest BCUT2D eigenvalue weighted by molar-refractivity contribution is 6.30. The maximum absolute atomic E-state index is 11.0. The van der Waals surface area contributed by atoms with Crippen LogP contribution in [0.3, 0.4) is 0 Å². The first kappa shape index (κ1) is 15.0. The third-order valence-corrected chi connectivity index (χ3v) is 2.87. The molecule has 0 aliphatic carbocycles. The molecule has 110 valence electrons. The predicted octanol–water partition coefficient (Wildman–Crippen LogP) is 2.97. The lowest BCUT2D eigenvalue weighted by molar-refractivity contribution is -0.385. The SMILES string of the molecule is CNc1cc(C)nc(COc2ccc(Cl)cc2[N+](=O)[O-])n1. The molecule has 1 N–H and O–H groups in total. The third kappa shape index (κ3) is 3.79. The van der Waals surface area contributed by atoms with Crippen LogP contribution in [-0.2, 0) is 6.61 Å². The van der Waals surface area contributed by atoms with Gasteiger partial charge in [0, 0.05) is 29.9 Å². The lowest BCUT2D eigenvalue weighted by Crippen LogP contribution is -2.06. The summed E-state index contributed by atoms with van der Waals surface area (Å²) in [5, 5.41) is 14.2. The maximum atomic E-state index is 11.0. The van der Waals surface area contributed by atoms with Crippen LogP contribution < -0.4 is 10.1 Å². The number of aryl methyl sites for hydroxylation is 1. The molecule has 2 rings (SSSR count). The summed E-state index contributed by atoms with van der Waals surface area (Å²) < 4.78 is 5.44. The molecule has 0 radical (unpaired) electrons. The standard InChI is InChI=1S/C13H13ClN4O3/c1-8-5-12(15-2)17-13(16-8)7-21-11-4-3-9(14)6-10(11)18(19)20/h3-6H,7H2,1-2H3,(H,15,16,17). The van der Waals surface area contributed by atoms with Gasteiger partial charge in [0.2, 0.25) is 0 Å². The van der Waals surface area contributed by atoms with Gasteiger partial charge in [0.25, 0.3) is 0 Å². The molecule has 0 saturated heterocycles. The van der Waals surface area contributed by atoms with E-state index in [0.29, 0.717) is 11.6 Å². The summed E-state index contributed by atoms with van der Waals surface area (Å²) in [5.74, 6) is 1.22. The summed E-state index contributed by atoms with van der Waals surface area (Å²) in [7, 11) is 1.75. The molecular formula is C13H13ClN4O3. The molecule has 0 saturated carbocycles. The predicted molar refractivity (Wildman–Crippen MR) is 78.8 cm³/mol. The Kier molecular flexibility index (Phi) is 4.54.